The molecule has 0 fully saturated rings. The summed E-state index contributed by atoms with van der Waals surface area (Å²) in [5.74, 6) is -1.10. The Bertz CT molecular complexity index is 1530. The van der Waals surface area contributed by atoms with E-state index < -0.39 is 12.1 Å². The van der Waals surface area contributed by atoms with Gasteiger partial charge in [0, 0.05) is 19.3 Å². The lowest BCUT2D eigenvalue weighted by molar-refractivity contribution is -0.166. The lowest BCUT2D eigenvalue weighted by Crippen LogP contribution is -2.30. The lowest BCUT2D eigenvalue weighted by atomic mass is 10.1. The van der Waals surface area contributed by atoms with Crippen molar-refractivity contribution in [3.05, 3.63) is 146 Å². The summed E-state index contributed by atoms with van der Waals surface area (Å²) in [4.78, 5) is 38.0. The maximum atomic E-state index is 12.8. The molecule has 0 radical (unpaired) electrons. The van der Waals surface area contributed by atoms with Gasteiger partial charge in [-0.25, -0.2) is 0 Å². The van der Waals surface area contributed by atoms with E-state index in [-0.39, 0.29) is 38.0 Å². The van der Waals surface area contributed by atoms with E-state index >= 15 is 0 Å². The third-order valence-corrected chi connectivity index (χ3v) is 10.3. The van der Waals surface area contributed by atoms with E-state index in [1.165, 1.54) is 38.5 Å². The molecule has 0 bridgehead atoms. The molecule has 67 heavy (non-hydrogen) atoms. The lowest BCUT2D eigenvalue weighted by Gasteiger charge is -2.18. The number of hydrogen-bond acceptors (Lipinski definition) is 6. The Hall–Kier alpha value is -4.71. The van der Waals surface area contributed by atoms with Crippen LogP contribution < -0.4 is 0 Å². The average molecular weight is 923 g/mol. The van der Waals surface area contributed by atoms with Crippen LogP contribution in [0.25, 0.3) is 0 Å². The van der Waals surface area contributed by atoms with Crippen LogP contribution in [0.3, 0.4) is 0 Å². The molecule has 0 amide bonds. The first kappa shape index (κ1) is 62.3. The van der Waals surface area contributed by atoms with Crippen LogP contribution in [-0.2, 0) is 28.6 Å². The minimum atomic E-state index is -0.848. The third kappa shape index (κ3) is 52.1. The van der Waals surface area contributed by atoms with Crippen molar-refractivity contribution in [2.24, 2.45) is 0 Å². The van der Waals surface area contributed by atoms with Crippen molar-refractivity contribution in [2.45, 2.75) is 207 Å². The first-order valence-electron chi connectivity index (χ1n) is 26.3. The van der Waals surface area contributed by atoms with Crippen LogP contribution in [0.1, 0.15) is 201 Å². The predicted molar refractivity (Wildman–Crippen MR) is 288 cm³/mol. The fraction of sp³-hybridized carbons (Fsp3) is 0.557. The number of hydrogen-bond donors (Lipinski definition) is 0. The third-order valence-electron chi connectivity index (χ3n) is 10.3. The van der Waals surface area contributed by atoms with E-state index in [4.69, 9.17) is 14.2 Å². The molecule has 0 aliphatic carbocycles. The van der Waals surface area contributed by atoms with Crippen molar-refractivity contribution in [3.8, 4) is 0 Å². The number of ether oxygens (including phenoxy) is 3. The van der Waals surface area contributed by atoms with Crippen molar-refractivity contribution in [2.75, 3.05) is 13.2 Å². The van der Waals surface area contributed by atoms with Gasteiger partial charge in [-0.3, -0.25) is 14.4 Å². The molecule has 1 atom stereocenters. The second-order valence-electron chi connectivity index (χ2n) is 16.7. The monoisotopic (exact) mass is 923 g/mol. The smallest absolute Gasteiger partial charge is 0.306 e. The molecule has 0 aromatic rings. The predicted octanol–water partition coefficient (Wildman–Crippen LogP) is 17.6. The molecule has 374 valence electrons. The van der Waals surface area contributed by atoms with Crippen molar-refractivity contribution < 1.29 is 28.6 Å². The molecule has 0 heterocycles. The molecule has 6 nitrogen and oxygen atoms in total. The first-order valence-corrected chi connectivity index (χ1v) is 26.3. The van der Waals surface area contributed by atoms with Crippen LogP contribution in [0.4, 0.5) is 0 Å². The van der Waals surface area contributed by atoms with Gasteiger partial charge in [0.1, 0.15) is 13.2 Å². The Balaban J connectivity index is 4.63. The Labute approximate surface area is 410 Å². The van der Waals surface area contributed by atoms with Crippen molar-refractivity contribution in [1.29, 1.82) is 0 Å². The van der Waals surface area contributed by atoms with Crippen LogP contribution in [0, 0.1) is 0 Å². The van der Waals surface area contributed by atoms with Crippen LogP contribution >= 0.6 is 0 Å². The Morgan fingerprint density at radius 2 is 0.627 bits per heavy atom. The first-order chi connectivity index (χ1) is 33.0. The highest BCUT2D eigenvalue weighted by molar-refractivity contribution is 5.71. The van der Waals surface area contributed by atoms with Crippen LogP contribution in [0.5, 0.6) is 0 Å². The fourth-order valence-corrected chi connectivity index (χ4v) is 6.44. The van der Waals surface area contributed by atoms with Gasteiger partial charge in [0.05, 0.1) is 0 Å². The minimum Gasteiger partial charge on any atom is -0.462 e. The van der Waals surface area contributed by atoms with E-state index in [0.29, 0.717) is 19.3 Å². The fourth-order valence-electron chi connectivity index (χ4n) is 6.44. The minimum absolute atomic E-state index is 0.134. The Kier molecular flexibility index (Phi) is 50.1. The van der Waals surface area contributed by atoms with Crippen LogP contribution in [0.15, 0.2) is 146 Å². The molecular formula is C61H94O6. The normalized spacial score (nSPS) is 13.3. The van der Waals surface area contributed by atoms with E-state index in [1.807, 2.05) is 12.2 Å². The van der Waals surface area contributed by atoms with E-state index in [1.54, 1.807) is 0 Å². The molecule has 0 saturated heterocycles. The van der Waals surface area contributed by atoms with Gasteiger partial charge < -0.3 is 14.2 Å². The number of carbonyl (C=O) groups is 3. The summed E-state index contributed by atoms with van der Waals surface area (Å²) in [6.45, 7) is 6.25. The molecule has 0 unspecified atom stereocenters. The van der Waals surface area contributed by atoms with Crippen LogP contribution in [-0.4, -0.2) is 37.2 Å². The largest absolute Gasteiger partial charge is 0.462 e. The van der Waals surface area contributed by atoms with Gasteiger partial charge in [-0.1, -0.05) is 205 Å². The van der Waals surface area contributed by atoms with Gasteiger partial charge in [0.15, 0.2) is 6.10 Å². The summed E-state index contributed by atoms with van der Waals surface area (Å²) < 4.78 is 16.7. The summed E-state index contributed by atoms with van der Waals surface area (Å²) in [6, 6.07) is 0. The van der Waals surface area contributed by atoms with E-state index in [0.717, 1.165) is 109 Å². The van der Waals surface area contributed by atoms with Crippen molar-refractivity contribution in [3.63, 3.8) is 0 Å². The highest BCUT2D eigenvalue weighted by Gasteiger charge is 2.19. The molecule has 0 saturated carbocycles. The maximum Gasteiger partial charge on any atom is 0.306 e. The Morgan fingerprint density at radius 1 is 0.313 bits per heavy atom. The van der Waals surface area contributed by atoms with Gasteiger partial charge in [-0.2, -0.15) is 0 Å². The zero-order chi connectivity index (χ0) is 48.6. The quantitative estimate of drug-likeness (QED) is 0.0262. The second kappa shape index (κ2) is 53.9. The summed E-state index contributed by atoms with van der Waals surface area (Å²) in [7, 11) is 0. The van der Waals surface area contributed by atoms with E-state index in [9.17, 15) is 14.4 Å². The van der Waals surface area contributed by atoms with Crippen molar-refractivity contribution in [1.82, 2.24) is 0 Å². The molecule has 0 spiro atoms. The molecule has 0 aliphatic heterocycles. The SMILES string of the molecule is CC/C=C/C/C=C/C/C=C/C/C=C/C/C=C/C/C=C/CCC(=O)OC[C@@H](COC(=O)CCCCCCC/C=C/CCCCCC)OC(=O)CCC/C=C/C/C=C/C/C=C/C/C=C/C/C=C/CC. The molecule has 6 heteroatoms. The van der Waals surface area contributed by atoms with Crippen LogP contribution in [0.2, 0.25) is 0 Å². The molecule has 0 aromatic heterocycles. The van der Waals surface area contributed by atoms with E-state index in [2.05, 4.69) is 154 Å². The summed E-state index contributed by atoms with van der Waals surface area (Å²) in [6.07, 6.45) is 77.0. The molecule has 0 aliphatic rings. The highest BCUT2D eigenvalue weighted by atomic mass is 16.6. The number of unbranched alkanes of at least 4 members (excludes halogenated alkanes) is 10. The summed E-state index contributed by atoms with van der Waals surface area (Å²) in [5, 5.41) is 0. The number of rotatable bonds is 45. The summed E-state index contributed by atoms with van der Waals surface area (Å²) in [5.41, 5.74) is 0. The topological polar surface area (TPSA) is 78.9 Å². The number of allylic oxidation sites excluding steroid dienone is 24. The van der Waals surface area contributed by atoms with Gasteiger partial charge in [0.25, 0.3) is 0 Å². The standard InChI is InChI=1S/C61H94O6/c1-4-7-10-13-16-19-22-25-27-29-30-32-33-36-39-42-45-48-51-54-60(63)66-57-58(56-65-59(62)53-50-47-44-41-38-35-24-21-18-15-12-9-6-3)67-61(64)55-52-49-46-43-40-37-34-31-28-26-23-20-17-14-11-8-5-2/h7-8,10-11,16-17,19-21,24-28,30,32,34,36-37,39,43,45-46,48,58H,4-6,9,12-15,18,22-23,29,31,33,35,38,40-42,44,47,49-57H2,1-3H3/b10-7+,11-8+,19-16+,20-17+,24-21+,27-25+,28-26+,32-30+,37-34+,39-36+,46-43+,48-45+/t58-/m1/s1. The van der Waals surface area contributed by atoms with Gasteiger partial charge in [0.2, 0.25) is 0 Å². The zero-order valence-corrected chi connectivity index (χ0v) is 42.6. The number of esters is 3. The van der Waals surface area contributed by atoms with Gasteiger partial charge >= 0.3 is 17.9 Å². The second-order valence-corrected chi connectivity index (χ2v) is 16.7. The molecule has 0 rings (SSSR count). The molecule has 0 aromatic carbocycles. The van der Waals surface area contributed by atoms with Gasteiger partial charge in [-0.05, 0) is 122 Å². The summed E-state index contributed by atoms with van der Waals surface area (Å²) >= 11 is 0. The highest BCUT2D eigenvalue weighted by Crippen LogP contribution is 2.11. The Morgan fingerprint density at radius 3 is 1.06 bits per heavy atom. The number of carbonyl (C=O) groups excluding carboxylic acids is 3. The average Bonchev–Trinajstić information content (AvgIpc) is 3.33. The van der Waals surface area contributed by atoms with Gasteiger partial charge in [-0.15, -0.1) is 0 Å². The van der Waals surface area contributed by atoms with Crippen molar-refractivity contribution >= 4 is 17.9 Å². The maximum absolute atomic E-state index is 12.8. The molecular weight excluding hydrogens is 829 g/mol. The zero-order valence-electron chi connectivity index (χ0n) is 42.6. The molecule has 0 N–H and O–H groups in total.